The largest absolute Gasteiger partial charge is 0.697 e. The highest BCUT2D eigenvalue weighted by Crippen LogP contribution is 2.11. The minimum Gasteiger partial charge on any atom is -0.367 e. The van der Waals surface area contributed by atoms with Crippen molar-refractivity contribution in [2.75, 3.05) is 6.79 Å². The molecule has 0 saturated carbocycles. The van der Waals surface area contributed by atoms with E-state index in [1.165, 1.54) is 0 Å². The van der Waals surface area contributed by atoms with Gasteiger partial charge in [-0.25, -0.2) is 0 Å². The topological polar surface area (TPSA) is 66.8 Å². The van der Waals surface area contributed by atoms with Crippen LogP contribution in [0, 0.1) is 0 Å². The van der Waals surface area contributed by atoms with E-state index in [1.807, 2.05) is 0 Å². The van der Waals surface area contributed by atoms with Gasteiger partial charge in [0.25, 0.3) is 0 Å². The molecule has 0 heterocycles. The molecule has 0 aliphatic carbocycles. The third-order valence-corrected chi connectivity index (χ3v) is 0.505. The predicted octanol–water partition coefficient (Wildman–Crippen LogP) is -0.398. The molecule has 0 spiro atoms. The van der Waals surface area contributed by atoms with Gasteiger partial charge in [-0.15, -0.1) is 4.89 Å². The molecule has 0 aliphatic rings. The summed E-state index contributed by atoms with van der Waals surface area (Å²) in [5.41, 5.74) is 0. The third kappa shape index (κ3) is 3.98. The Morgan fingerprint density at radius 3 is 2.33 bits per heavy atom. The Labute approximate surface area is 35.3 Å². The van der Waals surface area contributed by atoms with E-state index in [1.54, 1.807) is 0 Å². The molecule has 36 valence electrons. The Morgan fingerprint density at radius 1 is 1.83 bits per heavy atom. The molecule has 0 amide bonds. The first-order chi connectivity index (χ1) is 2.77. The van der Waals surface area contributed by atoms with E-state index in [9.17, 15) is 4.57 Å². The van der Waals surface area contributed by atoms with Gasteiger partial charge >= 0.3 is 8.25 Å². The zero-order chi connectivity index (χ0) is 4.99. The number of aliphatic hydroxyl groups excluding tert-OH is 1. The molecule has 4 nitrogen and oxygen atoms in total. The second-order valence-corrected chi connectivity index (χ2v) is 1.23. The minimum absolute atomic E-state index is 0.703. The van der Waals surface area contributed by atoms with E-state index in [-0.39, 0.29) is 0 Å². The molecule has 2 N–H and O–H groups in total. The fraction of sp³-hybridized carbons (Fsp3) is 1.00. The van der Waals surface area contributed by atoms with Crippen molar-refractivity contribution in [2.24, 2.45) is 0 Å². The molecule has 0 aromatic heterocycles. The maximum absolute atomic E-state index is 9.37. The van der Waals surface area contributed by atoms with E-state index < -0.39 is 15.0 Å². The summed E-state index contributed by atoms with van der Waals surface area (Å²) >= 11 is 0. The Kier molecular flexibility index (Phi) is 3.17. The van der Waals surface area contributed by atoms with Crippen LogP contribution in [0.5, 0.6) is 0 Å². The van der Waals surface area contributed by atoms with Crippen LogP contribution >= 0.6 is 8.25 Å². The van der Waals surface area contributed by atoms with Crippen molar-refractivity contribution in [1.29, 1.82) is 0 Å². The van der Waals surface area contributed by atoms with Crippen molar-refractivity contribution < 1.29 is 19.1 Å². The standard InChI is InChI=1S/CH3O4P/c2-1-5-6(3)4/h2H,1H2/p+1. The van der Waals surface area contributed by atoms with Gasteiger partial charge in [0.05, 0.1) is 0 Å². The summed E-state index contributed by atoms with van der Waals surface area (Å²) in [7, 11) is -2.60. The molecular weight excluding hydrogens is 107 g/mol. The molecule has 0 rings (SSSR count). The van der Waals surface area contributed by atoms with Gasteiger partial charge in [-0.05, 0) is 0 Å². The summed E-state index contributed by atoms with van der Waals surface area (Å²) < 4.78 is 13.0. The average Bonchev–Trinajstić information content (AvgIpc) is 1.35. The Hall–Kier alpha value is -0.0200. The summed E-state index contributed by atoms with van der Waals surface area (Å²) in [5.74, 6) is 0. The first kappa shape index (κ1) is 5.98. The second kappa shape index (κ2) is 3.18. The van der Waals surface area contributed by atoms with Crippen LogP contribution in [0.4, 0.5) is 0 Å². The third-order valence-electron chi connectivity index (χ3n) is 0.168. The Morgan fingerprint density at radius 2 is 2.33 bits per heavy atom. The highest BCUT2D eigenvalue weighted by atomic mass is 31.1. The molecule has 0 aliphatic heterocycles. The van der Waals surface area contributed by atoms with Crippen LogP contribution in [0.2, 0.25) is 0 Å². The monoisotopic (exact) mass is 111 g/mol. The predicted molar refractivity (Wildman–Crippen MR) is 18.0 cm³/mol. The summed E-state index contributed by atoms with van der Waals surface area (Å²) in [4.78, 5) is 7.68. The number of rotatable bonds is 2. The molecular formula is CH4O4P+. The van der Waals surface area contributed by atoms with E-state index in [4.69, 9.17) is 10.00 Å². The van der Waals surface area contributed by atoms with E-state index in [2.05, 4.69) is 4.52 Å². The van der Waals surface area contributed by atoms with Gasteiger partial charge in [-0.1, -0.05) is 4.52 Å². The lowest BCUT2D eigenvalue weighted by molar-refractivity contribution is 0.0946. The molecule has 0 radical (unpaired) electrons. The second-order valence-electron chi connectivity index (χ2n) is 0.496. The zero-order valence-corrected chi connectivity index (χ0v) is 3.76. The van der Waals surface area contributed by atoms with Crippen LogP contribution in [0.15, 0.2) is 0 Å². The Bertz CT molecular complexity index is 51.5. The molecule has 1 atom stereocenters. The lowest BCUT2D eigenvalue weighted by atomic mass is 11.6. The van der Waals surface area contributed by atoms with Crippen molar-refractivity contribution in [3.63, 3.8) is 0 Å². The fourth-order valence-corrected chi connectivity index (χ4v) is 0.148. The maximum Gasteiger partial charge on any atom is 0.697 e. The van der Waals surface area contributed by atoms with Gasteiger partial charge in [-0.2, -0.15) is 0 Å². The molecule has 1 unspecified atom stereocenters. The van der Waals surface area contributed by atoms with E-state index in [0.717, 1.165) is 0 Å². The molecule has 6 heavy (non-hydrogen) atoms. The molecule has 0 bridgehead atoms. The van der Waals surface area contributed by atoms with Crippen molar-refractivity contribution in [2.45, 2.75) is 0 Å². The molecule has 0 aromatic rings. The summed E-state index contributed by atoms with van der Waals surface area (Å²) in [6.07, 6.45) is 0. The molecule has 0 fully saturated rings. The van der Waals surface area contributed by atoms with Gasteiger partial charge in [0, 0.05) is 4.57 Å². The SMILES string of the molecule is O=[P+](O)OCO. The summed E-state index contributed by atoms with van der Waals surface area (Å²) in [5, 5.41) is 7.67. The normalized spacial score (nSPS) is 11.3. The quantitative estimate of drug-likeness (QED) is 0.376. The van der Waals surface area contributed by atoms with Crippen LogP contribution in [0.3, 0.4) is 0 Å². The highest BCUT2D eigenvalue weighted by molar-refractivity contribution is 7.32. The van der Waals surface area contributed by atoms with E-state index >= 15 is 0 Å². The van der Waals surface area contributed by atoms with Gasteiger partial charge < -0.3 is 5.11 Å². The summed E-state index contributed by atoms with van der Waals surface area (Å²) in [6, 6.07) is 0. The lowest BCUT2D eigenvalue weighted by Gasteiger charge is -1.68. The van der Waals surface area contributed by atoms with Crippen LogP contribution in [0.25, 0.3) is 0 Å². The number of hydrogen-bond donors (Lipinski definition) is 2. The van der Waals surface area contributed by atoms with Gasteiger partial charge in [-0.3, -0.25) is 0 Å². The number of hydrogen-bond acceptors (Lipinski definition) is 3. The molecule has 0 aromatic carbocycles. The van der Waals surface area contributed by atoms with Crippen molar-refractivity contribution in [3.05, 3.63) is 0 Å². The zero-order valence-electron chi connectivity index (χ0n) is 2.87. The van der Waals surface area contributed by atoms with Crippen molar-refractivity contribution in [3.8, 4) is 0 Å². The average molecular weight is 111 g/mol. The van der Waals surface area contributed by atoms with Crippen molar-refractivity contribution >= 4 is 8.25 Å². The highest BCUT2D eigenvalue weighted by Gasteiger charge is 2.07. The van der Waals surface area contributed by atoms with Gasteiger partial charge in [0.15, 0.2) is 0 Å². The molecule has 0 saturated heterocycles. The van der Waals surface area contributed by atoms with Crippen LogP contribution < -0.4 is 0 Å². The van der Waals surface area contributed by atoms with Crippen LogP contribution in [-0.2, 0) is 9.09 Å². The first-order valence-electron chi connectivity index (χ1n) is 1.17. The molecule has 5 heteroatoms. The van der Waals surface area contributed by atoms with Crippen molar-refractivity contribution in [1.82, 2.24) is 0 Å². The fourth-order valence-electron chi connectivity index (χ4n) is 0.0494. The first-order valence-corrected chi connectivity index (χ1v) is 2.30. The Balaban J connectivity index is 2.83. The lowest BCUT2D eigenvalue weighted by Crippen LogP contribution is -1.78. The van der Waals surface area contributed by atoms with Gasteiger partial charge in [0.2, 0.25) is 6.79 Å². The van der Waals surface area contributed by atoms with Crippen LogP contribution in [-0.4, -0.2) is 16.8 Å². The maximum atomic E-state index is 9.37. The minimum atomic E-state index is -2.60. The number of aliphatic hydroxyl groups is 1. The van der Waals surface area contributed by atoms with Gasteiger partial charge in [0.1, 0.15) is 0 Å². The van der Waals surface area contributed by atoms with E-state index in [0.29, 0.717) is 0 Å². The smallest absolute Gasteiger partial charge is 0.367 e. The summed E-state index contributed by atoms with van der Waals surface area (Å²) in [6.45, 7) is -0.703. The van der Waals surface area contributed by atoms with Crippen LogP contribution in [0.1, 0.15) is 0 Å².